The van der Waals surface area contributed by atoms with Gasteiger partial charge in [-0.25, -0.2) is 4.79 Å². The van der Waals surface area contributed by atoms with Crippen molar-refractivity contribution < 1.29 is 22.3 Å². The predicted molar refractivity (Wildman–Crippen MR) is 111 cm³/mol. The summed E-state index contributed by atoms with van der Waals surface area (Å²) in [6.45, 7) is 2.33. The first-order chi connectivity index (χ1) is 15.3. The van der Waals surface area contributed by atoms with Crippen LogP contribution in [0.1, 0.15) is 36.2 Å². The molecule has 1 saturated heterocycles. The number of hydrogen-bond donors (Lipinski definition) is 2. The monoisotopic (exact) mass is 448 g/mol. The van der Waals surface area contributed by atoms with Crippen LogP contribution in [0.3, 0.4) is 0 Å². The Balaban J connectivity index is 1.56. The highest BCUT2D eigenvalue weighted by Gasteiger charge is 2.42. The summed E-state index contributed by atoms with van der Waals surface area (Å²) in [5.74, 6) is -0.00246. The van der Waals surface area contributed by atoms with Crippen LogP contribution in [0.5, 0.6) is 5.75 Å². The van der Waals surface area contributed by atoms with Crippen molar-refractivity contribution in [2.24, 2.45) is 0 Å². The third kappa shape index (κ3) is 4.00. The minimum atomic E-state index is -4.37. The Morgan fingerprint density at radius 2 is 2.12 bits per heavy atom. The van der Waals surface area contributed by atoms with E-state index < -0.39 is 30.6 Å². The Morgan fingerprint density at radius 1 is 1.28 bits per heavy atom. The zero-order valence-electron chi connectivity index (χ0n) is 17.4. The number of halogens is 3. The van der Waals surface area contributed by atoms with Gasteiger partial charge >= 0.3 is 11.9 Å². The molecule has 0 saturated carbocycles. The second-order valence-corrected chi connectivity index (χ2v) is 8.42. The molecule has 3 atom stereocenters. The summed E-state index contributed by atoms with van der Waals surface area (Å²) in [5.41, 5.74) is 2.80. The first kappa shape index (κ1) is 21.0. The van der Waals surface area contributed by atoms with E-state index in [0.29, 0.717) is 34.5 Å². The molecule has 1 fully saturated rings. The van der Waals surface area contributed by atoms with E-state index in [2.05, 4.69) is 15.3 Å². The molecule has 170 valence electrons. The largest absolute Gasteiger partial charge is 0.487 e. The Morgan fingerprint density at radius 3 is 2.81 bits per heavy atom. The summed E-state index contributed by atoms with van der Waals surface area (Å²) >= 11 is 0. The smallest absolute Gasteiger partial charge is 0.417 e. The van der Waals surface area contributed by atoms with Gasteiger partial charge in [-0.2, -0.15) is 13.2 Å². The summed E-state index contributed by atoms with van der Waals surface area (Å²) in [5, 5.41) is 3.22. The third-order valence-corrected chi connectivity index (χ3v) is 6.14. The van der Waals surface area contributed by atoms with Crippen LogP contribution in [0.2, 0.25) is 0 Å². The van der Waals surface area contributed by atoms with Gasteiger partial charge in [0.05, 0.1) is 30.0 Å². The number of benzene rings is 1. The van der Waals surface area contributed by atoms with Crippen molar-refractivity contribution in [2.75, 3.05) is 19.6 Å². The molecule has 7 nitrogen and oxygen atoms in total. The number of H-pyrrole nitrogens is 1. The minimum absolute atomic E-state index is 0.0598. The lowest BCUT2D eigenvalue weighted by Gasteiger charge is -2.41. The van der Waals surface area contributed by atoms with Gasteiger partial charge in [0.1, 0.15) is 11.9 Å². The molecule has 2 aliphatic heterocycles. The Bertz CT molecular complexity index is 1170. The van der Waals surface area contributed by atoms with Gasteiger partial charge < -0.3 is 14.5 Å². The molecule has 3 aromatic rings. The maximum Gasteiger partial charge on any atom is 0.417 e. The van der Waals surface area contributed by atoms with E-state index in [-0.39, 0.29) is 6.10 Å². The van der Waals surface area contributed by atoms with E-state index in [1.54, 1.807) is 37.4 Å². The molecule has 10 heteroatoms. The summed E-state index contributed by atoms with van der Waals surface area (Å²) in [6, 6.07) is 5.70. The van der Waals surface area contributed by atoms with E-state index in [1.807, 2.05) is 0 Å². The highest BCUT2D eigenvalue weighted by molar-refractivity contribution is 5.78. The molecule has 0 bridgehead atoms. The average Bonchev–Trinajstić information content (AvgIpc) is 3.37. The number of nitrogens with one attached hydrogen (secondary N) is 2. The molecule has 0 amide bonds. The Kier molecular flexibility index (Phi) is 5.21. The molecule has 0 aliphatic carbocycles. The van der Waals surface area contributed by atoms with Crippen molar-refractivity contribution in [1.82, 2.24) is 20.2 Å². The number of pyridine rings is 1. The van der Waals surface area contributed by atoms with Gasteiger partial charge in [-0.1, -0.05) is 6.07 Å². The molecule has 1 aromatic carbocycles. The van der Waals surface area contributed by atoms with Crippen molar-refractivity contribution in [3.63, 3.8) is 0 Å². The number of aromatic amines is 1. The maximum absolute atomic E-state index is 13.5. The van der Waals surface area contributed by atoms with Crippen LogP contribution in [0.15, 0.2) is 39.7 Å². The Labute approximate surface area is 181 Å². The molecule has 0 unspecified atom stereocenters. The average molecular weight is 448 g/mol. The molecule has 2 aliphatic rings. The van der Waals surface area contributed by atoms with Gasteiger partial charge in [-0.15, -0.1) is 0 Å². The lowest BCUT2D eigenvalue weighted by atomic mass is 9.86. The van der Waals surface area contributed by atoms with Crippen LogP contribution in [-0.2, 0) is 6.42 Å². The van der Waals surface area contributed by atoms with Crippen LogP contribution in [0.25, 0.3) is 11.1 Å². The van der Waals surface area contributed by atoms with Crippen LogP contribution in [0, 0.1) is 0 Å². The summed E-state index contributed by atoms with van der Waals surface area (Å²) < 4.78 is 51.7. The van der Waals surface area contributed by atoms with Crippen molar-refractivity contribution in [3.05, 3.63) is 57.8 Å². The Hall–Kier alpha value is -2.85. The number of alkyl halides is 3. The van der Waals surface area contributed by atoms with E-state index in [0.717, 1.165) is 25.1 Å². The highest BCUT2D eigenvalue weighted by Crippen LogP contribution is 2.41. The lowest BCUT2D eigenvalue weighted by Crippen LogP contribution is -2.47. The molecule has 4 heterocycles. The normalized spacial score (nSPS) is 24.1. The highest BCUT2D eigenvalue weighted by atomic mass is 19.4. The summed E-state index contributed by atoms with van der Waals surface area (Å²) in [6.07, 6.45) is -1.52. The van der Waals surface area contributed by atoms with Crippen molar-refractivity contribution in [2.45, 2.75) is 44.1 Å². The fourth-order valence-corrected chi connectivity index (χ4v) is 4.73. The van der Waals surface area contributed by atoms with Gasteiger partial charge in [0.25, 0.3) is 0 Å². The standard InChI is InChI=1S/C22H23F3N4O3/c1-12-8-16-15(3-5-18-20(16)32-21(30)28-18)19(29(12)11-22(23,24)25)17-4-2-13(10-27-17)31-14-6-7-26-9-14/h2-5,10,12,14,19,26H,6-9,11H2,1H3,(H,28,30)/t12-,14+,19+/m1/s1. The van der Waals surface area contributed by atoms with Gasteiger partial charge in [-0.3, -0.25) is 14.9 Å². The molecule has 2 aromatic heterocycles. The van der Waals surface area contributed by atoms with E-state index in [9.17, 15) is 18.0 Å². The molecule has 0 radical (unpaired) electrons. The molecule has 2 N–H and O–H groups in total. The first-order valence-corrected chi connectivity index (χ1v) is 10.6. The van der Waals surface area contributed by atoms with Gasteiger partial charge in [-0.05, 0) is 50.1 Å². The van der Waals surface area contributed by atoms with E-state index >= 15 is 0 Å². The van der Waals surface area contributed by atoms with Gasteiger partial charge in [0.2, 0.25) is 0 Å². The molecule has 5 rings (SSSR count). The third-order valence-electron chi connectivity index (χ3n) is 6.14. The number of oxazole rings is 1. The minimum Gasteiger partial charge on any atom is -0.487 e. The second kappa shape index (κ2) is 7.93. The van der Waals surface area contributed by atoms with E-state index in [4.69, 9.17) is 9.15 Å². The number of fused-ring (bicyclic) bond motifs is 3. The zero-order chi connectivity index (χ0) is 22.5. The summed E-state index contributed by atoms with van der Waals surface area (Å²) in [4.78, 5) is 20.2. The second-order valence-electron chi connectivity index (χ2n) is 8.42. The zero-order valence-corrected chi connectivity index (χ0v) is 17.4. The fraction of sp³-hybridized carbons (Fsp3) is 0.455. The van der Waals surface area contributed by atoms with Crippen molar-refractivity contribution >= 4 is 11.1 Å². The van der Waals surface area contributed by atoms with Crippen LogP contribution < -0.4 is 15.8 Å². The SMILES string of the molecule is C[C@@H]1Cc2c(ccc3[nH]c(=O)oc23)[C@@H](c2ccc(O[C@H]3CCNC3)cn2)N1CC(F)(F)F. The topological polar surface area (TPSA) is 83.4 Å². The van der Waals surface area contributed by atoms with Gasteiger partial charge in [0.15, 0.2) is 5.58 Å². The molecular formula is C22H23F3N4O3. The number of hydrogen-bond acceptors (Lipinski definition) is 6. The first-order valence-electron chi connectivity index (χ1n) is 10.6. The van der Waals surface area contributed by atoms with Gasteiger partial charge in [0, 0.05) is 18.2 Å². The van der Waals surface area contributed by atoms with Crippen LogP contribution in [-0.4, -0.2) is 52.8 Å². The number of ether oxygens (including phenoxy) is 1. The molecule has 0 spiro atoms. The lowest BCUT2D eigenvalue weighted by molar-refractivity contribution is -0.155. The molecule has 32 heavy (non-hydrogen) atoms. The van der Waals surface area contributed by atoms with Crippen LogP contribution >= 0.6 is 0 Å². The maximum atomic E-state index is 13.5. The number of rotatable bonds is 4. The van der Waals surface area contributed by atoms with Crippen LogP contribution in [0.4, 0.5) is 13.2 Å². The van der Waals surface area contributed by atoms with Crippen molar-refractivity contribution in [1.29, 1.82) is 0 Å². The molecular weight excluding hydrogens is 425 g/mol. The summed E-state index contributed by atoms with van der Waals surface area (Å²) in [7, 11) is 0. The quantitative estimate of drug-likeness (QED) is 0.638. The predicted octanol–water partition coefficient (Wildman–Crippen LogP) is 3.16. The van der Waals surface area contributed by atoms with E-state index in [1.165, 1.54) is 4.90 Å². The fourth-order valence-electron chi connectivity index (χ4n) is 4.73. The number of nitrogens with zero attached hydrogens (tertiary/aromatic N) is 2. The number of aromatic nitrogens is 2. The van der Waals surface area contributed by atoms with Crippen molar-refractivity contribution in [3.8, 4) is 5.75 Å².